The summed E-state index contributed by atoms with van der Waals surface area (Å²) in [6.07, 6.45) is 0. The van der Waals surface area contributed by atoms with Gasteiger partial charge in [-0.25, -0.2) is 0 Å². The predicted molar refractivity (Wildman–Crippen MR) is 48.9 cm³/mol. The Kier molecular flexibility index (Phi) is 2.87. The van der Waals surface area contributed by atoms with Gasteiger partial charge in [-0.1, -0.05) is 12.2 Å². The molecule has 1 unspecified atom stereocenters. The first kappa shape index (κ1) is 9.26. The SMILES string of the molecule is C=C(C)C1CNCCN1C(C)=O. The lowest BCUT2D eigenvalue weighted by Crippen LogP contribution is -2.53. The van der Waals surface area contributed by atoms with E-state index in [0.717, 1.165) is 25.2 Å². The van der Waals surface area contributed by atoms with E-state index in [0.29, 0.717) is 0 Å². The van der Waals surface area contributed by atoms with E-state index in [1.165, 1.54) is 0 Å². The minimum absolute atomic E-state index is 0.143. The zero-order valence-corrected chi connectivity index (χ0v) is 7.76. The van der Waals surface area contributed by atoms with Gasteiger partial charge < -0.3 is 10.2 Å². The first-order valence-electron chi connectivity index (χ1n) is 4.26. The van der Waals surface area contributed by atoms with Crippen LogP contribution in [0.25, 0.3) is 0 Å². The second-order valence-electron chi connectivity index (χ2n) is 3.28. The highest BCUT2D eigenvalue weighted by atomic mass is 16.2. The highest BCUT2D eigenvalue weighted by Gasteiger charge is 2.23. The van der Waals surface area contributed by atoms with E-state index in [4.69, 9.17) is 0 Å². The van der Waals surface area contributed by atoms with E-state index in [-0.39, 0.29) is 11.9 Å². The Bertz CT molecular complexity index is 179. The number of hydrogen-bond acceptors (Lipinski definition) is 2. The van der Waals surface area contributed by atoms with Gasteiger partial charge in [-0.3, -0.25) is 4.79 Å². The molecule has 0 aromatic heterocycles. The van der Waals surface area contributed by atoms with Gasteiger partial charge >= 0.3 is 0 Å². The highest BCUT2D eigenvalue weighted by Crippen LogP contribution is 2.10. The molecule has 0 radical (unpaired) electrons. The molecule has 0 aliphatic carbocycles. The molecule has 0 bridgehead atoms. The van der Waals surface area contributed by atoms with Crippen LogP contribution in [0.2, 0.25) is 0 Å². The molecule has 0 spiro atoms. The van der Waals surface area contributed by atoms with Gasteiger partial charge in [0.15, 0.2) is 0 Å². The molecule has 1 heterocycles. The second kappa shape index (κ2) is 3.72. The summed E-state index contributed by atoms with van der Waals surface area (Å²) < 4.78 is 0. The van der Waals surface area contributed by atoms with Gasteiger partial charge in [0.05, 0.1) is 6.04 Å². The van der Waals surface area contributed by atoms with Gasteiger partial charge in [-0.2, -0.15) is 0 Å². The molecular formula is C9H16N2O. The number of rotatable bonds is 1. The summed E-state index contributed by atoms with van der Waals surface area (Å²) in [6, 6.07) is 0.191. The minimum Gasteiger partial charge on any atom is -0.334 e. The van der Waals surface area contributed by atoms with Crippen LogP contribution in [0.4, 0.5) is 0 Å². The Balaban J connectivity index is 2.67. The van der Waals surface area contributed by atoms with Crippen molar-refractivity contribution in [2.24, 2.45) is 0 Å². The number of nitrogens with zero attached hydrogens (tertiary/aromatic N) is 1. The number of amides is 1. The molecule has 1 rings (SSSR count). The van der Waals surface area contributed by atoms with E-state index in [2.05, 4.69) is 11.9 Å². The van der Waals surface area contributed by atoms with Gasteiger partial charge in [0, 0.05) is 26.6 Å². The fourth-order valence-corrected chi connectivity index (χ4v) is 1.52. The summed E-state index contributed by atoms with van der Waals surface area (Å²) in [5.74, 6) is 0.143. The molecule has 1 atom stereocenters. The molecule has 1 aliphatic rings. The molecule has 1 fully saturated rings. The van der Waals surface area contributed by atoms with Crippen LogP contribution in [0.3, 0.4) is 0 Å². The van der Waals surface area contributed by atoms with Crippen molar-refractivity contribution in [3.63, 3.8) is 0 Å². The third-order valence-corrected chi connectivity index (χ3v) is 2.22. The smallest absolute Gasteiger partial charge is 0.220 e. The van der Waals surface area contributed by atoms with Crippen LogP contribution >= 0.6 is 0 Å². The normalized spacial score (nSPS) is 23.8. The maximum Gasteiger partial charge on any atom is 0.220 e. The molecule has 0 saturated carbocycles. The van der Waals surface area contributed by atoms with Crippen molar-refractivity contribution in [3.8, 4) is 0 Å². The monoisotopic (exact) mass is 168 g/mol. The van der Waals surface area contributed by atoms with Crippen molar-refractivity contribution in [1.82, 2.24) is 10.2 Å². The Morgan fingerprint density at radius 2 is 2.25 bits per heavy atom. The lowest BCUT2D eigenvalue weighted by atomic mass is 10.1. The fraction of sp³-hybridized carbons (Fsp3) is 0.667. The zero-order valence-electron chi connectivity index (χ0n) is 7.76. The van der Waals surface area contributed by atoms with Crippen molar-refractivity contribution in [1.29, 1.82) is 0 Å². The van der Waals surface area contributed by atoms with Crippen LogP contribution in [-0.4, -0.2) is 36.5 Å². The molecule has 1 amide bonds. The van der Waals surface area contributed by atoms with Crippen LogP contribution in [0, 0.1) is 0 Å². The molecular weight excluding hydrogens is 152 g/mol. The fourth-order valence-electron chi connectivity index (χ4n) is 1.52. The van der Waals surface area contributed by atoms with Crippen molar-refractivity contribution in [2.45, 2.75) is 19.9 Å². The van der Waals surface area contributed by atoms with Gasteiger partial charge in [-0.15, -0.1) is 0 Å². The minimum atomic E-state index is 0.143. The Morgan fingerprint density at radius 1 is 1.58 bits per heavy atom. The van der Waals surface area contributed by atoms with E-state index >= 15 is 0 Å². The molecule has 0 aromatic rings. The van der Waals surface area contributed by atoms with Crippen molar-refractivity contribution < 1.29 is 4.79 Å². The Hall–Kier alpha value is -0.830. The van der Waals surface area contributed by atoms with Crippen LogP contribution in [0.1, 0.15) is 13.8 Å². The summed E-state index contributed by atoms with van der Waals surface area (Å²) in [4.78, 5) is 13.0. The summed E-state index contributed by atoms with van der Waals surface area (Å²) in [5, 5.41) is 3.25. The quantitative estimate of drug-likeness (QED) is 0.574. The van der Waals surface area contributed by atoms with Crippen molar-refractivity contribution >= 4 is 5.91 Å². The summed E-state index contributed by atoms with van der Waals surface area (Å²) in [5.41, 5.74) is 1.05. The van der Waals surface area contributed by atoms with Crippen molar-refractivity contribution in [2.75, 3.05) is 19.6 Å². The van der Waals surface area contributed by atoms with E-state index < -0.39 is 0 Å². The third kappa shape index (κ3) is 1.85. The lowest BCUT2D eigenvalue weighted by molar-refractivity contribution is -0.131. The second-order valence-corrected chi connectivity index (χ2v) is 3.28. The predicted octanol–water partition coefficient (Wildman–Crippen LogP) is 0.383. The number of piperazine rings is 1. The zero-order chi connectivity index (χ0) is 9.14. The molecule has 1 aliphatic heterocycles. The molecule has 1 saturated heterocycles. The molecule has 12 heavy (non-hydrogen) atoms. The van der Waals surface area contributed by atoms with E-state index in [1.807, 2.05) is 11.8 Å². The highest BCUT2D eigenvalue weighted by molar-refractivity contribution is 5.74. The third-order valence-electron chi connectivity index (χ3n) is 2.22. The van der Waals surface area contributed by atoms with Gasteiger partial charge in [-0.05, 0) is 6.92 Å². The van der Waals surface area contributed by atoms with Crippen LogP contribution in [0.5, 0.6) is 0 Å². The molecule has 3 heteroatoms. The number of carbonyl (C=O) groups excluding carboxylic acids is 1. The van der Waals surface area contributed by atoms with Gasteiger partial charge in [0.2, 0.25) is 5.91 Å². The van der Waals surface area contributed by atoms with Crippen molar-refractivity contribution in [3.05, 3.63) is 12.2 Å². The summed E-state index contributed by atoms with van der Waals surface area (Å²) in [6.45, 7) is 9.99. The number of nitrogens with one attached hydrogen (secondary N) is 1. The lowest BCUT2D eigenvalue weighted by Gasteiger charge is -2.35. The Labute approximate surface area is 73.4 Å². The Morgan fingerprint density at radius 3 is 2.67 bits per heavy atom. The maximum atomic E-state index is 11.2. The first-order chi connectivity index (χ1) is 5.63. The van der Waals surface area contributed by atoms with Gasteiger partial charge in [0.1, 0.15) is 0 Å². The number of carbonyl (C=O) groups is 1. The first-order valence-corrected chi connectivity index (χ1v) is 4.26. The van der Waals surface area contributed by atoms with Gasteiger partial charge in [0.25, 0.3) is 0 Å². The van der Waals surface area contributed by atoms with Crippen LogP contribution in [-0.2, 0) is 4.79 Å². The topological polar surface area (TPSA) is 32.3 Å². The standard InChI is InChI=1S/C9H16N2O/c1-7(2)9-6-10-4-5-11(9)8(3)12/h9-10H,1,4-6H2,2-3H3. The van der Waals surface area contributed by atoms with Crippen LogP contribution < -0.4 is 5.32 Å². The maximum absolute atomic E-state index is 11.2. The average molecular weight is 168 g/mol. The van der Waals surface area contributed by atoms with E-state index in [9.17, 15) is 4.79 Å². The van der Waals surface area contributed by atoms with Crippen LogP contribution in [0.15, 0.2) is 12.2 Å². The average Bonchev–Trinajstić information content (AvgIpc) is 2.04. The summed E-state index contributed by atoms with van der Waals surface area (Å²) >= 11 is 0. The molecule has 68 valence electrons. The van der Waals surface area contributed by atoms with E-state index in [1.54, 1.807) is 6.92 Å². The number of hydrogen-bond donors (Lipinski definition) is 1. The summed E-state index contributed by atoms with van der Waals surface area (Å²) in [7, 11) is 0. The molecule has 3 nitrogen and oxygen atoms in total. The molecule has 0 aromatic carbocycles. The largest absolute Gasteiger partial charge is 0.334 e. The molecule has 1 N–H and O–H groups in total.